The van der Waals surface area contributed by atoms with Gasteiger partial charge in [-0.3, -0.25) is 0 Å². The first-order valence-corrected chi connectivity index (χ1v) is 24.3. The van der Waals surface area contributed by atoms with Crippen molar-refractivity contribution in [3.8, 4) is 22.3 Å². The summed E-state index contributed by atoms with van der Waals surface area (Å²) >= 11 is 0. The normalized spacial score (nSPS) is 14.1. The van der Waals surface area contributed by atoms with Gasteiger partial charge in [-0.25, -0.2) is 0 Å². The second kappa shape index (κ2) is 15.3. The largest absolute Gasteiger partial charge is 0.310 e. The third-order valence-corrected chi connectivity index (χ3v) is 15.4. The Labute approximate surface area is 403 Å². The lowest BCUT2D eigenvalue weighted by Gasteiger charge is -2.34. The van der Waals surface area contributed by atoms with Gasteiger partial charge in [0.25, 0.3) is 0 Å². The van der Waals surface area contributed by atoms with Crippen LogP contribution >= 0.6 is 0 Å². The number of hydrogen-bond donors (Lipinski definition) is 0. The van der Waals surface area contributed by atoms with Crippen LogP contribution in [0.3, 0.4) is 0 Å². The highest BCUT2D eigenvalue weighted by Crippen LogP contribution is 2.52. The first kappa shape index (κ1) is 39.7. The predicted molar refractivity (Wildman–Crippen MR) is 292 cm³/mol. The lowest BCUT2D eigenvalue weighted by Crippen LogP contribution is -2.20. The first-order chi connectivity index (χ1) is 33.9. The van der Waals surface area contributed by atoms with Crippen LogP contribution in [0.4, 0.5) is 34.1 Å². The molecule has 2 nitrogen and oxygen atoms in total. The second-order valence-electron chi connectivity index (χ2n) is 19.8. The van der Waals surface area contributed by atoms with E-state index in [0.29, 0.717) is 0 Å². The first-order valence-electron chi connectivity index (χ1n) is 24.3. The Hall–Kier alpha value is -8.46. The topological polar surface area (TPSA) is 6.48 Å². The molecule has 0 unspecified atom stereocenters. The number of rotatable bonds is 5. The molecule has 0 radical (unpaired) electrons. The minimum atomic E-state index is -0.141. The van der Waals surface area contributed by atoms with Gasteiger partial charge in [0.2, 0.25) is 0 Å². The molecule has 2 aliphatic heterocycles. The molecule has 0 N–H and O–H groups in total. The summed E-state index contributed by atoms with van der Waals surface area (Å²) in [6.45, 7) is 4.77. The zero-order valence-corrected chi connectivity index (χ0v) is 38.7. The maximum atomic E-state index is 2.46. The fourth-order valence-corrected chi connectivity index (χ4v) is 11.8. The maximum absolute atomic E-state index is 2.46. The third-order valence-electron chi connectivity index (χ3n) is 15.4. The zero-order valence-electron chi connectivity index (χ0n) is 38.7. The van der Waals surface area contributed by atoms with Crippen molar-refractivity contribution in [2.24, 2.45) is 0 Å². The van der Waals surface area contributed by atoms with E-state index >= 15 is 0 Å². The minimum absolute atomic E-state index is 0.141. The monoisotopic (exact) mass is 880 g/mol. The van der Waals surface area contributed by atoms with Gasteiger partial charge in [-0.2, -0.15) is 0 Å². The van der Waals surface area contributed by atoms with Gasteiger partial charge in [0, 0.05) is 52.4 Å². The predicted octanol–water partition coefficient (Wildman–Crippen LogP) is 18.0. The fraction of sp³-hybridized carbons (Fsp3) is 0.0746. The van der Waals surface area contributed by atoms with Crippen molar-refractivity contribution >= 4 is 78.6 Å². The molecule has 2 heterocycles. The Bertz CT molecular complexity index is 3870. The third kappa shape index (κ3) is 6.40. The molecular weight excluding hydrogens is 833 g/mol. The Kier molecular flexibility index (Phi) is 8.79. The molecule has 11 aromatic rings. The summed E-state index contributed by atoms with van der Waals surface area (Å²) in [6, 6.07) is 81.6. The van der Waals surface area contributed by atoms with E-state index in [1.165, 1.54) is 133 Å². The molecule has 326 valence electrons. The van der Waals surface area contributed by atoms with Crippen LogP contribution in [0.1, 0.15) is 58.4 Å². The Balaban J connectivity index is 0.717. The molecular formula is C67H48N2. The van der Waals surface area contributed by atoms with Gasteiger partial charge in [-0.15, -0.1) is 0 Å². The maximum Gasteiger partial charge on any atom is 0.0497 e. The van der Waals surface area contributed by atoms with Gasteiger partial charge in [-0.1, -0.05) is 178 Å². The van der Waals surface area contributed by atoms with E-state index in [1.807, 2.05) is 0 Å². The summed E-state index contributed by atoms with van der Waals surface area (Å²) in [7, 11) is 0. The number of benzene rings is 11. The standard InChI is InChI=1S/C67H48N2/c1-67(2)61-36-44(22-31-59(61)60-34-30-56(42-62(60)67)69-65-17-9-5-13-53(65)40-54-14-6-10-18-66(54)69)20-19-43-21-23-46-37-47(25-24-45(46)35-43)48-28-32-57-49(38-48)26-27-50-41-55(29-33-58(50)57)68-63-15-7-3-11-51(63)39-52-12-4-8-16-64(52)68/h3-38,41-42H,39-40H2,1-2H3/b20-19+. The van der Waals surface area contributed by atoms with Crippen LogP contribution in [0, 0.1) is 0 Å². The average molecular weight is 881 g/mol. The quantitative estimate of drug-likeness (QED) is 0.126. The van der Waals surface area contributed by atoms with Crippen LogP contribution in [0.25, 0.3) is 66.7 Å². The average Bonchev–Trinajstić information content (AvgIpc) is 3.62. The summed E-state index contributed by atoms with van der Waals surface area (Å²) < 4.78 is 0. The highest BCUT2D eigenvalue weighted by molar-refractivity contribution is 6.10. The molecule has 1 aliphatic carbocycles. The van der Waals surface area contributed by atoms with E-state index in [9.17, 15) is 0 Å². The lowest BCUT2D eigenvalue weighted by molar-refractivity contribution is 0.660. The molecule has 0 aromatic heterocycles. The molecule has 14 rings (SSSR count). The van der Waals surface area contributed by atoms with Crippen LogP contribution in [0.15, 0.2) is 218 Å². The van der Waals surface area contributed by atoms with E-state index in [-0.39, 0.29) is 5.41 Å². The summed E-state index contributed by atoms with van der Waals surface area (Å²) in [5.74, 6) is 0. The molecule has 0 bridgehead atoms. The Morgan fingerprint density at radius 3 is 1.36 bits per heavy atom. The fourth-order valence-electron chi connectivity index (χ4n) is 11.8. The molecule has 2 heteroatoms. The van der Waals surface area contributed by atoms with Gasteiger partial charge < -0.3 is 9.80 Å². The van der Waals surface area contributed by atoms with Crippen molar-refractivity contribution in [1.29, 1.82) is 0 Å². The zero-order chi connectivity index (χ0) is 45.8. The molecule has 3 aliphatic rings. The van der Waals surface area contributed by atoms with Crippen molar-refractivity contribution in [1.82, 2.24) is 0 Å². The highest BCUT2D eigenvalue weighted by Gasteiger charge is 2.37. The minimum Gasteiger partial charge on any atom is -0.310 e. The van der Waals surface area contributed by atoms with Gasteiger partial charge in [0.15, 0.2) is 0 Å². The number of para-hydroxylation sites is 4. The second-order valence-corrected chi connectivity index (χ2v) is 19.8. The SMILES string of the molecule is CC1(C)c2cc(/C=C/c3ccc4cc(-c5ccc6c(ccc7cc(N8c9ccccc9Cc9ccccc98)ccc76)c5)ccc4c3)ccc2-c2ccc(N3c4ccccc4Cc4ccccc43)cc21. The summed E-state index contributed by atoms with van der Waals surface area (Å²) in [5, 5.41) is 7.52. The molecule has 0 spiro atoms. The van der Waals surface area contributed by atoms with Crippen molar-refractivity contribution in [2.75, 3.05) is 9.80 Å². The molecule has 0 saturated heterocycles. The van der Waals surface area contributed by atoms with Crippen molar-refractivity contribution in [3.05, 3.63) is 263 Å². The van der Waals surface area contributed by atoms with E-state index in [2.05, 4.69) is 254 Å². The number of nitrogens with zero attached hydrogens (tertiary/aromatic N) is 2. The molecule has 0 fully saturated rings. The van der Waals surface area contributed by atoms with Crippen LogP contribution in [-0.2, 0) is 18.3 Å². The molecule has 0 atom stereocenters. The molecule has 11 aromatic carbocycles. The summed E-state index contributed by atoms with van der Waals surface area (Å²) in [4.78, 5) is 4.89. The number of anilines is 6. The lowest BCUT2D eigenvalue weighted by atomic mass is 9.81. The van der Waals surface area contributed by atoms with E-state index in [1.54, 1.807) is 0 Å². The summed E-state index contributed by atoms with van der Waals surface area (Å²) in [5.41, 5.74) is 23.1. The van der Waals surface area contributed by atoms with E-state index in [4.69, 9.17) is 0 Å². The smallest absolute Gasteiger partial charge is 0.0497 e. The van der Waals surface area contributed by atoms with Gasteiger partial charge >= 0.3 is 0 Å². The van der Waals surface area contributed by atoms with Crippen molar-refractivity contribution < 1.29 is 0 Å². The van der Waals surface area contributed by atoms with E-state index in [0.717, 1.165) is 12.8 Å². The van der Waals surface area contributed by atoms with Crippen molar-refractivity contribution in [2.45, 2.75) is 32.1 Å². The molecule has 69 heavy (non-hydrogen) atoms. The Morgan fingerprint density at radius 2 is 0.754 bits per heavy atom. The van der Waals surface area contributed by atoms with Crippen LogP contribution in [0.2, 0.25) is 0 Å². The molecule has 0 saturated carbocycles. The number of hydrogen-bond acceptors (Lipinski definition) is 2. The Morgan fingerprint density at radius 1 is 0.348 bits per heavy atom. The van der Waals surface area contributed by atoms with Gasteiger partial charge in [0.1, 0.15) is 0 Å². The highest BCUT2D eigenvalue weighted by atomic mass is 15.2. The molecule has 0 amide bonds. The number of fused-ring (bicyclic) bond motifs is 11. The van der Waals surface area contributed by atoms with Crippen molar-refractivity contribution in [3.63, 3.8) is 0 Å². The van der Waals surface area contributed by atoms with E-state index < -0.39 is 0 Å². The van der Waals surface area contributed by atoms with Gasteiger partial charge in [-0.05, 0) is 166 Å². The van der Waals surface area contributed by atoms with Gasteiger partial charge in [0.05, 0.1) is 0 Å². The van der Waals surface area contributed by atoms with Crippen LogP contribution in [-0.4, -0.2) is 0 Å². The van der Waals surface area contributed by atoms with Crippen LogP contribution in [0.5, 0.6) is 0 Å². The van der Waals surface area contributed by atoms with Crippen LogP contribution < -0.4 is 9.80 Å². The summed E-state index contributed by atoms with van der Waals surface area (Å²) in [6.07, 6.45) is 6.45.